The number of carbonyl (C=O) groups excluding carboxylic acids is 1. The maximum Gasteiger partial charge on any atom is 0.311 e. The van der Waals surface area contributed by atoms with Crippen LogP contribution >= 0.6 is 23.2 Å². The lowest BCUT2D eigenvalue weighted by Crippen LogP contribution is -2.21. The standard InChI is InChI=1S/C18H19Cl2NO3/c1-4-21-13(10-17(23)24-5-2)9-16(22)11(3)18(21)12-6-7-14(19)15(20)8-12/h6-9H,4-5,10H2,1-3H3. The summed E-state index contributed by atoms with van der Waals surface area (Å²) in [6.45, 7) is 6.38. The summed E-state index contributed by atoms with van der Waals surface area (Å²) in [7, 11) is 0. The number of pyridine rings is 1. The first kappa shape index (κ1) is 18.6. The number of ether oxygens (including phenoxy) is 1. The van der Waals surface area contributed by atoms with Crippen LogP contribution in [-0.2, 0) is 22.5 Å². The van der Waals surface area contributed by atoms with Crippen molar-refractivity contribution in [3.8, 4) is 11.3 Å². The summed E-state index contributed by atoms with van der Waals surface area (Å²) in [6.07, 6.45) is 0.0471. The van der Waals surface area contributed by atoms with Crippen molar-refractivity contribution in [1.82, 2.24) is 4.57 Å². The van der Waals surface area contributed by atoms with Crippen LogP contribution < -0.4 is 5.43 Å². The van der Waals surface area contributed by atoms with E-state index in [-0.39, 0.29) is 17.8 Å². The highest BCUT2D eigenvalue weighted by Gasteiger charge is 2.17. The summed E-state index contributed by atoms with van der Waals surface area (Å²) in [5.41, 5.74) is 2.62. The lowest BCUT2D eigenvalue weighted by molar-refractivity contribution is -0.142. The molecular weight excluding hydrogens is 349 g/mol. The first-order valence-electron chi connectivity index (χ1n) is 7.73. The molecule has 24 heavy (non-hydrogen) atoms. The van der Waals surface area contributed by atoms with Gasteiger partial charge in [0.15, 0.2) is 5.43 Å². The van der Waals surface area contributed by atoms with Crippen molar-refractivity contribution in [1.29, 1.82) is 0 Å². The molecule has 1 aromatic carbocycles. The Labute approximate surface area is 151 Å². The Balaban J connectivity index is 2.65. The summed E-state index contributed by atoms with van der Waals surface area (Å²) in [5.74, 6) is -0.358. The van der Waals surface area contributed by atoms with Gasteiger partial charge in [-0.05, 0) is 32.9 Å². The zero-order chi connectivity index (χ0) is 17.9. The number of rotatable bonds is 5. The maximum absolute atomic E-state index is 12.4. The van der Waals surface area contributed by atoms with Crippen LogP contribution in [0.15, 0.2) is 29.1 Å². The molecule has 0 fully saturated rings. The average Bonchev–Trinajstić information content (AvgIpc) is 2.53. The molecular formula is C18H19Cl2NO3. The summed E-state index contributed by atoms with van der Waals surface area (Å²) in [6, 6.07) is 6.74. The number of aromatic nitrogens is 1. The highest BCUT2D eigenvalue weighted by molar-refractivity contribution is 6.42. The van der Waals surface area contributed by atoms with Gasteiger partial charge in [-0.1, -0.05) is 29.3 Å². The molecule has 0 atom stereocenters. The molecule has 0 spiro atoms. The normalized spacial score (nSPS) is 10.7. The molecule has 0 unspecified atom stereocenters. The predicted molar refractivity (Wildman–Crippen MR) is 96.9 cm³/mol. The molecule has 0 bridgehead atoms. The Bertz CT molecular complexity index is 828. The minimum Gasteiger partial charge on any atom is -0.466 e. The van der Waals surface area contributed by atoms with E-state index >= 15 is 0 Å². The number of hydrogen-bond acceptors (Lipinski definition) is 3. The zero-order valence-electron chi connectivity index (χ0n) is 13.9. The van der Waals surface area contributed by atoms with Crippen molar-refractivity contribution >= 4 is 29.2 Å². The van der Waals surface area contributed by atoms with Crippen LogP contribution in [0, 0.1) is 6.92 Å². The highest BCUT2D eigenvalue weighted by atomic mass is 35.5. The second-order valence-electron chi connectivity index (χ2n) is 5.33. The maximum atomic E-state index is 12.4. The van der Waals surface area contributed by atoms with E-state index in [0.29, 0.717) is 34.5 Å². The summed E-state index contributed by atoms with van der Waals surface area (Å²) < 4.78 is 6.94. The van der Waals surface area contributed by atoms with Crippen molar-refractivity contribution in [2.24, 2.45) is 0 Å². The summed E-state index contributed by atoms with van der Waals surface area (Å²) in [4.78, 5) is 24.2. The average molecular weight is 368 g/mol. The third-order valence-electron chi connectivity index (χ3n) is 3.78. The molecule has 0 aliphatic carbocycles. The molecule has 0 saturated heterocycles. The van der Waals surface area contributed by atoms with E-state index in [4.69, 9.17) is 27.9 Å². The van der Waals surface area contributed by atoms with Gasteiger partial charge in [0.05, 0.1) is 28.8 Å². The summed E-state index contributed by atoms with van der Waals surface area (Å²) >= 11 is 12.1. The van der Waals surface area contributed by atoms with Gasteiger partial charge in [0.2, 0.25) is 0 Å². The van der Waals surface area contributed by atoms with E-state index in [1.54, 1.807) is 26.0 Å². The third-order valence-corrected chi connectivity index (χ3v) is 4.52. The van der Waals surface area contributed by atoms with E-state index in [0.717, 1.165) is 11.3 Å². The molecule has 0 radical (unpaired) electrons. The Kier molecular flexibility index (Phi) is 6.08. The molecule has 6 heteroatoms. The van der Waals surface area contributed by atoms with Crippen LogP contribution in [0.3, 0.4) is 0 Å². The SMILES string of the molecule is CCOC(=O)Cc1cc(=O)c(C)c(-c2ccc(Cl)c(Cl)c2)n1CC. The fraction of sp³-hybridized carbons (Fsp3) is 0.333. The van der Waals surface area contributed by atoms with Gasteiger partial charge < -0.3 is 9.30 Å². The molecule has 128 valence electrons. The van der Waals surface area contributed by atoms with Gasteiger partial charge in [-0.3, -0.25) is 9.59 Å². The Morgan fingerprint density at radius 1 is 1.17 bits per heavy atom. The van der Waals surface area contributed by atoms with Gasteiger partial charge in [0.1, 0.15) is 0 Å². The van der Waals surface area contributed by atoms with Crippen molar-refractivity contribution in [2.75, 3.05) is 6.61 Å². The van der Waals surface area contributed by atoms with E-state index in [2.05, 4.69) is 0 Å². The van der Waals surface area contributed by atoms with Crippen LogP contribution in [0.5, 0.6) is 0 Å². The molecule has 0 amide bonds. The lowest BCUT2D eigenvalue weighted by atomic mass is 10.0. The van der Waals surface area contributed by atoms with Crippen LogP contribution in [0.1, 0.15) is 25.1 Å². The Morgan fingerprint density at radius 2 is 1.88 bits per heavy atom. The number of esters is 1. The number of benzene rings is 1. The fourth-order valence-electron chi connectivity index (χ4n) is 2.68. The molecule has 1 heterocycles. The minimum atomic E-state index is -0.358. The zero-order valence-corrected chi connectivity index (χ0v) is 15.4. The number of carbonyl (C=O) groups is 1. The fourth-order valence-corrected chi connectivity index (χ4v) is 2.98. The number of halogens is 2. The molecule has 2 rings (SSSR count). The molecule has 0 saturated carbocycles. The van der Waals surface area contributed by atoms with E-state index in [1.807, 2.05) is 17.6 Å². The smallest absolute Gasteiger partial charge is 0.311 e. The quantitative estimate of drug-likeness (QED) is 0.741. The Hall–Kier alpha value is -1.78. The van der Waals surface area contributed by atoms with Gasteiger partial charge in [-0.2, -0.15) is 0 Å². The molecule has 0 N–H and O–H groups in total. The third kappa shape index (κ3) is 3.82. The lowest BCUT2D eigenvalue weighted by Gasteiger charge is -2.19. The van der Waals surface area contributed by atoms with Crippen molar-refractivity contribution in [3.05, 3.63) is 55.8 Å². The van der Waals surface area contributed by atoms with Crippen molar-refractivity contribution < 1.29 is 9.53 Å². The molecule has 4 nitrogen and oxygen atoms in total. The second kappa shape index (κ2) is 7.86. The molecule has 1 aromatic heterocycles. The number of hydrogen-bond donors (Lipinski definition) is 0. The summed E-state index contributed by atoms with van der Waals surface area (Å²) in [5, 5.41) is 0.866. The number of nitrogens with zero attached hydrogens (tertiary/aromatic N) is 1. The van der Waals surface area contributed by atoms with Gasteiger partial charge in [-0.15, -0.1) is 0 Å². The molecule has 2 aromatic rings. The van der Waals surface area contributed by atoms with Crippen molar-refractivity contribution in [2.45, 2.75) is 33.7 Å². The van der Waals surface area contributed by atoms with Crippen molar-refractivity contribution in [3.63, 3.8) is 0 Å². The largest absolute Gasteiger partial charge is 0.466 e. The predicted octanol–water partition coefficient (Wildman–Crippen LogP) is 4.26. The topological polar surface area (TPSA) is 48.3 Å². The van der Waals surface area contributed by atoms with Crippen LogP contribution in [0.25, 0.3) is 11.3 Å². The van der Waals surface area contributed by atoms with Gasteiger partial charge in [0, 0.05) is 29.4 Å². The van der Waals surface area contributed by atoms with E-state index < -0.39 is 0 Å². The molecule has 0 aliphatic rings. The first-order chi connectivity index (χ1) is 11.4. The monoisotopic (exact) mass is 367 g/mol. The van der Waals surface area contributed by atoms with Gasteiger partial charge in [-0.25, -0.2) is 0 Å². The van der Waals surface area contributed by atoms with Crippen LogP contribution in [0.4, 0.5) is 0 Å². The van der Waals surface area contributed by atoms with Gasteiger partial charge >= 0.3 is 5.97 Å². The van der Waals surface area contributed by atoms with Gasteiger partial charge in [0.25, 0.3) is 0 Å². The minimum absolute atomic E-state index is 0.0471. The van der Waals surface area contributed by atoms with Crippen LogP contribution in [-0.4, -0.2) is 17.1 Å². The van der Waals surface area contributed by atoms with E-state index in [1.165, 1.54) is 6.07 Å². The molecule has 0 aliphatic heterocycles. The highest BCUT2D eigenvalue weighted by Crippen LogP contribution is 2.30. The van der Waals surface area contributed by atoms with Crippen LogP contribution in [0.2, 0.25) is 10.0 Å². The first-order valence-corrected chi connectivity index (χ1v) is 8.49. The Morgan fingerprint density at radius 3 is 2.46 bits per heavy atom. The van der Waals surface area contributed by atoms with E-state index in [9.17, 15) is 9.59 Å². The second-order valence-corrected chi connectivity index (χ2v) is 6.14.